The molecule has 2 rings (SSSR count). The van der Waals surface area contributed by atoms with Crippen molar-refractivity contribution in [3.8, 4) is 5.75 Å². The smallest absolute Gasteiger partial charge is 0.241 e. The van der Waals surface area contributed by atoms with Gasteiger partial charge in [-0.2, -0.15) is 0 Å². The van der Waals surface area contributed by atoms with Crippen molar-refractivity contribution in [1.29, 1.82) is 0 Å². The van der Waals surface area contributed by atoms with Crippen LogP contribution in [0.1, 0.15) is 12.0 Å². The van der Waals surface area contributed by atoms with E-state index >= 15 is 0 Å². The highest BCUT2D eigenvalue weighted by molar-refractivity contribution is 5.96. The molecule has 0 saturated heterocycles. The molecule has 1 amide bonds. The summed E-state index contributed by atoms with van der Waals surface area (Å²) in [5.41, 5.74) is 2.18. The van der Waals surface area contributed by atoms with Gasteiger partial charge in [0.1, 0.15) is 5.75 Å². The number of hydrogen-bond donors (Lipinski definition) is 0. The van der Waals surface area contributed by atoms with Gasteiger partial charge in [-0.05, 0) is 36.6 Å². The third-order valence-electron chi connectivity index (χ3n) is 4.29. The number of amides is 1. The van der Waals surface area contributed by atoms with Gasteiger partial charge in [0.05, 0.1) is 26.9 Å². The number of aryl methyl sites for hydroxylation is 1. The molecule has 0 saturated carbocycles. The minimum atomic E-state index is 0.119. The van der Waals surface area contributed by atoms with Gasteiger partial charge >= 0.3 is 0 Å². The first-order valence-electron chi connectivity index (χ1n) is 8.37. The number of carbonyl (C=O) groups is 1. The first-order valence-corrected chi connectivity index (χ1v) is 8.37. The normalized spacial score (nSPS) is 13.9. The van der Waals surface area contributed by atoms with E-state index in [1.54, 1.807) is 21.3 Å². The van der Waals surface area contributed by atoms with Gasteiger partial charge in [-0.3, -0.25) is 9.69 Å². The minimum absolute atomic E-state index is 0.119. The molecule has 0 spiro atoms. The Kier molecular flexibility index (Phi) is 7.49. The van der Waals surface area contributed by atoms with Gasteiger partial charge < -0.3 is 19.1 Å². The molecule has 1 aromatic carbocycles. The molecule has 6 heteroatoms. The molecule has 0 atom stereocenters. The van der Waals surface area contributed by atoms with E-state index in [2.05, 4.69) is 4.90 Å². The molecule has 0 bridgehead atoms. The van der Waals surface area contributed by atoms with Crippen molar-refractivity contribution in [2.24, 2.45) is 0 Å². The summed E-state index contributed by atoms with van der Waals surface area (Å²) in [5, 5.41) is 0. The summed E-state index contributed by atoms with van der Waals surface area (Å²) in [6.07, 6.45) is 1.95. The molecule has 6 nitrogen and oxygen atoms in total. The number of methoxy groups -OCH3 is 3. The highest BCUT2D eigenvalue weighted by Gasteiger charge is 2.24. The largest absolute Gasteiger partial charge is 0.497 e. The average Bonchev–Trinajstić information content (AvgIpc) is 2.62. The summed E-state index contributed by atoms with van der Waals surface area (Å²) >= 11 is 0. The van der Waals surface area contributed by atoms with E-state index in [9.17, 15) is 4.79 Å². The Morgan fingerprint density at radius 3 is 2.50 bits per heavy atom. The predicted molar refractivity (Wildman–Crippen MR) is 93.9 cm³/mol. The molecule has 134 valence electrons. The fraction of sp³-hybridized carbons (Fsp3) is 0.611. The van der Waals surface area contributed by atoms with Crippen molar-refractivity contribution in [1.82, 2.24) is 4.90 Å². The minimum Gasteiger partial charge on any atom is -0.497 e. The average molecular weight is 336 g/mol. The molecule has 1 aliphatic rings. The fourth-order valence-electron chi connectivity index (χ4n) is 2.95. The van der Waals surface area contributed by atoms with E-state index in [0.29, 0.717) is 19.8 Å². The van der Waals surface area contributed by atoms with Crippen molar-refractivity contribution >= 4 is 11.6 Å². The summed E-state index contributed by atoms with van der Waals surface area (Å²) in [6.45, 7) is 3.78. The monoisotopic (exact) mass is 336 g/mol. The molecule has 0 unspecified atom stereocenters. The van der Waals surface area contributed by atoms with Crippen LogP contribution in [0.4, 0.5) is 5.69 Å². The summed E-state index contributed by atoms with van der Waals surface area (Å²) in [4.78, 5) is 16.8. The van der Waals surface area contributed by atoms with E-state index in [1.807, 2.05) is 23.1 Å². The predicted octanol–water partition coefficient (Wildman–Crippen LogP) is 1.57. The number of ether oxygens (including phenoxy) is 3. The summed E-state index contributed by atoms with van der Waals surface area (Å²) in [5.74, 6) is 0.957. The summed E-state index contributed by atoms with van der Waals surface area (Å²) in [6, 6.07) is 5.93. The van der Waals surface area contributed by atoms with E-state index < -0.39 is 0 Å². The van der Waals surface area contributed by atoms with Crippen molar-refractivity contribution in [3.63, 3.8) is 0 Å². The number of nitrogens with zero attached hydrogens (tertiary/aromatic N) is 2. The molecule has 1 aromatic rings. The second kappa shape index (κ2) is 9.61. The second-order valence-electron chi connectivity index (χ2n) is 5.91. The number of fused-ring (bicyclic) bond motifs is 1. The van der Waals surface area contributed by atoms with Crippen molar-refractivity contribution in [2.75, 3.05) is 65.6 Å². The maximum absolute atomic E-state index is 12.8. The van der Waals surface area contributed by atoms with Crippen molar-refractivity contribution in [2.45, 2.75) is 12.8 Å². The highest BCUT2D eigenvalue weighted by Crippen LogP contribution is 2.30. The molecule has 0 aromatic heterocycles. The van der Waals surface area contributed by atoms with Gasteiger partial charge in [-0.1, -0.05) is 0 Å². The maximum Gasteiger partial charge on any atom is 0.241 e. The number of carbonyl (C=O) groups excluding carboxylic acids is 1. The standard InChI is InChI=1S/C18H28N2O4/c1-22-11-9-19(10-12-23-2)14-18(21)20-8-4-5-15-13-16(24-3)6-7-17(15)20/h6-7,13H,4-5,8-12,14H2,1-3H3. The zero-order valence-electron chi connectivity index (χ0n) is 14.9. The lowest BCUT2D eigenvalue weighted by atomic mass is 10.0. The summed E-state index contributed by atoms with van der Waals surface area (Å²) in [7, 11) is 5.01. The van der Waals surface area contributed by atoms with Crippen LogP contribution < -0.4 is 9.64 Å². The SMILES string of the molecule is COCCN(CCOC)CC(=O)N1CCCc2cc(OC)ccc21. The first-order chi connectivity index (χ1) is 11.7. The Bertz CT molecular complexity index is 528. The van der Waals surface area contributed by atoms with Gasteiger partial charge in [0, 0.05) is 39.5 Å². The van der Waals surface area contributed by atoms with Gasteiger partial charge in [-0.25, -0.2) is 0 Å². The lowest BCUT2D eigenvalue weighted by Crippen LogP contribution is -2.44. The van der Waals surface area contributed by atoms with Crippen molar-refractivity contribution < 1.29 is 19.0 Å². The second-order valence-corrected chi connectivity index (χ2v) is 5.91. The molecule has 1 aliphatic heterocycles. The number of hydrogen-bond acceptors (Lipinski definition) is 5. The van der Waals surface area contributed by atoms with Crippen molar-refractivity contribution in [3.05, 3.63) is 23.8 Å². The Balaban J connectivity index is 2.06. The Hall–Kier alpha value is -1.63. The van der Waals surface area contributed by atoms with E-state index in [0.717, 1.165) is 43.9 Å². The molecular weight excluding hydrogens is 308 g/mol. The molecule has 0 aliphatic carbocycles. The molecule has 0 radical (unpaired) electrons. The zero-order valence-corrected chi connectivity index (χ0v) is 14.9. The van der Waals surface area contributed by atoms with Gasteiger partial charge in [0.25, 0.3) is 0 Å². The highest BCUT2D eigenvalue weighted by atomic mass is 16.5. The van der Waals surface area contributed by atoms with Gasteiger partial charge in [-0.15, -0.1) is 0 Å². The number of anilines is 1. The molecule has 0 fully saturated rings. The molecule has 1 heterocycles. The Labute approximate surface area is 144 Å². The zero-order chi connectivity index (χ0) is 17.4. The van der Waals surface area contributed by atoms with Crippen LogP contribution in [0.15, 0.2) is 18.2 Å². The number of benzene rings is 1. The van der Waals surface area contributed by atoms with Gasteiger partial charge in [0.15, 0.2) is 0 Å². The molecule has 24 heavy (non-hydrogen) atoms. The van der Waals surface area contributed by atoms with Crippen LogP contribution in [0, 0.1) is 0 Å². The Morgan fingerprint density at radius 1 is 1.17 bits per heavy atom. The topological polar surface area (TPSA) is 51.2 Å². The Morgan fingerprint density at radius 2 is 1.88 bits per heavy atom. The lowest BCUT2D eigenvalue weighted by molar-refractivity contribution is -0.120. The number of rotatable bonds is 9. The van der Waals surface area contributed by atoms with Crippen LogP contribution >= 0.6 is 0 Å². The van der Waals surface area contributed by atoms with Gasteiger partial charge in [0.2, 0.25) is 5.91 Å². The molecular formula is C18H28N2O4. The van der Waals surface area contributed by atoms with E-state index in [1.165, 1.54) is 5.56 Å². The fourth-order valence-corrected chi connectivity index (χ4v) is 2.95. The quantitative estimate of drug-likeness (QED) is 0.685. The maximum atomic E-state index is 12.8. The third kappa shape index (κ3) is 4.93. The first kappa shape index (κ1) is 18.7. The van der Waals surface area contributed by atoms with Crippen LogP contribution in [0.5, 0.6) is 5.75 Å². The van der Waals surface area contributed by atoms with Crippen LogP contribution in [-0.2, 0) is 20.7 Å². The summed E-state index contributed by atoms with van der Waals surface area (Å²) < 4.78 is 15.6. The van der Waals surface area contributed by atoms with Crippen LogP contribution in [-0.4, -0.2) is 71.5 Å². The van der Waals surface area contributed by atoms with Crippen LogP contribution in [0.2, 0.25) is 0 Å². The third-order valence-corrected chi connectivity index (χ3v) is 4.29. The van der Waals surface area contributed by atoms with E-state index in [4.69, 9.17) is 14.2 Å². The molecule has 0 N–H and O–H groups in total. The van der Waals surface area contributed by atoms with E-state index in [-0.39, 0.29) is 5.91 Å². The lowest BCUT2D eigenvalue weighted by Gasteiger charge is -2.32. The van der Waals surface area contributed by atoms with Crippen LogP contribution in [0.3, 0.4) is 0 Å². The van der Waals surface area contributed by atoms with Crippen LogP contribution in [0.25, 0.3) is 0 Å².